The van der Waals surface area contributed by atoms with Gasteiger partial charge in [-0.15, -0.1) is 0 Å². The summed E-state index contributed by atoms with van der Waals surface area (Å²) in [6.07, 6.45) is 1.29. The van der Waals surface area contributed by atoms with Crippen LogP contribution in [0.15, 0.2) is 42.0 Å². The molecule has 0 aliphatic carbocycles. The highest BCUT2D eigenvalue weighted by atomic mass is 35.5. The van der Waals surface area contributed by atoms with E-state index in [4.69, 9.17) is 11.6 Å². The van der Waals surface area contributed by atoms with Gasteiger partial charge in [-0.3, -0.25) is 25.0 Å². The van der Waals surface area contributed by atoms with Crippen LogP contribution >= 0.6 is 11.6 Å². The molecule has 2 aromatic rings. The number of carbonyl (C=O) groups excluding carboxylic acids is 3. The molecule has 2 aliphatic heterocycles. The summed E-state index contributed by atoms with van der Waals surface area (Å²) in [6, 6.07) is 8.06. The Morgan fingerprint density at radius 3 is 2.48 bits per heavy atom. The van der Waals surface area contributed by atoms with Crippen LogP contribution in [0.4, 0.5) is 21.9 Å². The van der Waals surface area contributed by atoms with Crippen LogP contribution in [0.1, 0.15) is 11.1 Å². The second-order valence-electron chi connectivity index (χ2n) is 7.63. The fraction of sp³-hybridized carbons (Fsp3) is 0.227. The third-order valence-electron chi connectivity index (χ3n) is 5.49. The third-order valence-corrected chi connectivity index (χ3v) is 5.90. The Balaban J connectivity index is 1.79. The van der Waals surface area contributed by atoms with Gasteiger partial charge in [-0.05, 0) is 36.8 Å². The fourth-order valence-corrected chi connectivity index (χ4v) is 3.91. The molecule has 0 atom stereocenters. The van der Waals surface area contributed by atoms with Crippen molar-refractivity contribution in [2.24, 2.45) is 0 Å². The van der Waals surface area contributed by atoms with Crippen molar-refractivity contribution in [1.82, 2.24) is 10.6 Å². The lowest BCUT2D eigenvalue weighted by Gasteiger charge is -2.31. The quantitative estimate of drug-likeness (QED) is 0.305. The van der Waals surface area contributed by atoms with Crippen LogP contribution in [-0.2, 0) is 9.59 Å². The second-order valence-corrected chi connectivity index (χ2v) is 8.04. The van der Waals surface area contributed by atoms with Gasteiger partial charge in [0.15, 0.2) is 0 Å². The molecule has 0 radical (unpaired) electrons. The Bertz CT molecular complexity index is 1210. The Hall–Kier alpha value is -3.76. The van der Waals surface area contributed by atoms with E-state index in [2.05, 4.69) is 10.6 Å². The minimum atomic E-state index is -0.900. The van der Waals surface area contributed by atoms with E-state index in [-0.39, 0.29) is 16.9 Å². The number of nitrogens with zero attached hydrogens (tertiary/aromatic N) is 3. The number of imide groups is 2. The van der Waals surface area contributed by atoms with Gasteiger partial charge in [-0.1, -0.05) is 17.7 Å². The first-order valence-corrected chi connectivity index (χ1v) is 10.6. The maximum Gasteiger partial charge on any atom is 0.335 e. The normalized spacial score (nSPS) is 18.0. The molecule has 4 amide bonds. The minimum absolute atomic E-state index is 0.178. The Kier molecular flexibility index (Phi) is 6.12. The van der Waals surface area contributed by atoms with Gasteiger partial charge in [0.25, 0.3) is 17.5 Å². The zero-order valence-corrected chi connectivity index (χ0v) is 18.4. The van der Waals surface area contributed by atoms with Crippen molar-refractivity contribution >= 4 is 52.6 Å². The monoisotopic (exact) mass is 469 g/mol. The molecule has 2 aromatic carbocycles. The van der Waals surface area contributed by atoms with E-state index in [0.29, 0.717) is 29.4 Å². The number of benzene rings is 2. The number of nitro benzene ring substituents is 1. The van der Waals surface area contributed by atoms with E-state index in [1.54, 1.807) is 25.1 Å². The van der Waals surface area contributed by atoms with Crippen molar-refractivity contribution in [3.63, 3.8) is 0 Å². The van der Waals surface area contributed by atoms with Gasteiger partial charge in [-0.25, -0.2) is 9.69 Å². The Morgan fingerprint density at radius 2 is 1.82 bits per heavy atom. The number of halogens is 1. The molecule has 4 rings (SSSR count). The SMILES string of the molecule is Cc1ccc(N2C(=O)NC(=O)/C(=C/c3cc([N+](=O)[O-])ccc3N3CCNCC3)C2=O)cc1Cl. The zero-order chi connectivity index (χ0) is 23.7. The summed E-state index contributed by atoms with van der Waals surface area (Å²) < 4.78 is 0. The van der Waals surface area contributed by atoms with Crippen LogP contribution in [0, 0.1) is 17.0 Å². The van der Waals surface area contributed by atoms with E-state index in [1.807, 2.05) is 4.90 Å². The van der Waals surface area contributed by atoms with E-state index >= 15 is 0 Å². The largest absolute Gasteiger partial charge is 0.368 e. The molecule has 170 valence electrons. The highest BCUT2D eigenvalue weighted by molar-refractivity contribution is 6.39. The van der Waals surface area contributed by atoms with Gasteiger partial charge in [0.1, 0.15) is 5.57 Å². The predicted octanol–water partition coefficient (Wildman–Crippen LogP) is 2.63. The number of nitro groups is 1. The number of nitrogens with one attached hydrogen (secondary N) is 2. The first-order chi connectivity index (χ1) is 15.8. The number of rotatable bonds is 4. The molecule has 0 spiro atoms. The number of carbonyl (C=O) groups is 3. The number of barbiturate groups is 1. The topological polar surface area (TPSA) is 125 Å². The summed E-state index contributed by atoms with van der Waals surface area (Å²) in [4.78, 5) is 51.9. The first-order valence-electron chi connectivity index (χ1n) is 10.2. The smallest absolute Gasteiger partial charge is 0.335 e. The maximum absolute atomic E-state index is 13.2. The summed E-state index contributed by atoms with van der Waals surface area (Å²) in [5, 5.41) is 17.1. The number of anilines is 2. The van der Waals surface area contributed by atoms with Crippen molar-refractivity contribution < 1.29 is 19.3 Å². The van der Waals surface area contributed by atoms with E-state index in [9.17, 15) is 24.5 Å². The van der Waals surface area contributed by atoms with Crippen molar-refractivity contribution in [3.05, 3.63) is 68.2 Å². The van der Waals surface area contributed by atoms with Crippen LogP contribution < -0.4 is 20.4 Å². The van der Waals surface area contributed by atoms with Crippen LogP contribution in [0.25, 0.3) is 6.08 Å². The number of urea groups is 1. The van der Waals surface area contributed by atoms with Gasteiger partial charge in [0.2, 0.25) is 0 Å². The lowest BCUT2D eigenvalue weighted by atomic mass is 10.0. The number of hydrogen-bond acceptors (Lipinski definition) is 7. The summed E-state index contributed by atoms with van der Waals surface area (Å²) in [5.41, 5.74) is 1.45. The first kappa shape index (κ1) is 22.4. The van der Waals surface area contributed by atoms with Crippen molar-refractivity contribution in [2.45, 2.75) is 6.92 Å². The highest BCUT2D eigenvalue weighted by Crippen LogP contribution is 2.31. The van der Waals surface area contributed by atoms with Gasteiger partial charge < -0.3 is 10.2 Å². The molecule has 0 unspecified atom stereocenters. The van der Waals surface area contributed by atoms with Crippen LogP contribution in [0.5, 0.6) is 0 Å². The molecule has 10 nitrogen and oxygen atoms in total. The van der Waals surface area contributed by atoms with Crippen LogP contribution in [0.3, 0.4) is 0 Å². The van der Waals surface area contributed by atoms with E-state index in [1.165, 1.54) is 24.3 Å². The molecule has 2 fully saturated rings. The van der Waals surface area contributed by atoms with Crippen molar-refractivity contribution in [3.8, 4) is 0 Å². The third kappa shape index (κ3) is 4.43. The Labute approximate surface area is 193 Å². The number of amides is 4. The lowest BCUT2D eigenvalue weighted by molar-refractivity contribution is -0.384. The maximum atomic E-state index is 13.2. The van der Waals surface area contributed by atoms with Crippen LogP contribution in [-0.4, -0.2) is 48.9 Å². The number of aryl methyl sites for hydroxylation is 1. The van der Waals surface area contributed by atoms with E-state index in [0.717, 1.165) is 23.6 Å². The lowest BCUT2D eigenvalue weighted by Crippen LogP contribution is -2.54. The molecule has 2 aliphatic rings. The van der Waals surface area contributed by atoms with Gasteiger partial charge >= 0.3 is 6.03 Å². The van der Waals surface area contributed by atoms with Gasteiger partial charge in [-0.2, -0.15) is 0 Å². The zero-order valence-electron chi connectivity index (χ0n) is 17.6. The molecule has 2 saturated heterocycles. The molecule has 0 saturated carbocycles. The average molecular weight is 470 g/mol. The number of non-ortho nitro benzene ring substituents is 1. The Morgan fingerprint density at radius 1 is 1.09 bits per heavy atom. The molecule has 11 heteroatoms. The van der Waals surface area contributed by atoms with E-state index < -0.39 is 22.8 Å². The molecule has 0 bridgehead atoms. The standard InChI is InChI=1S/C22H20ClN5O5/c1-13-2-3-15(12-18(13)23)27-21(30)17(20(29)25-22(27)31)11-14-10-16(28(32)33)4-5-19(14)26-8-6-24-7-9-26/h2-5,10-12,24H,6-9H2,1H3,(H,25,29,31)/b17-11-. The summed E-state index contributed by atoms with van der Waals surface area (Å²) >= 11 is 6.15. The molecule has 2 heterocycles. The van der Waals surface area contributed by atoms with Gasteiger partial charge in [0, 0.05) is 54.6 Å². The molecule has 2 N–H and O–H groups in total. The fourth-order valence-electron chi connectivity index (χ4n) is 3.73. The second kappa shape index (κ2) is 9.00. The minimum Gasteiger partial charge on any atom is -0.368 e. The van der Waals surface area contributed by atoms with Crippen molar-refractivity contribution in [1.29, 1.82) is 0 Å². The van der Waals surface area contributed by atoms with Crippen LogP contribution in [0.2, 0.25) is 5.02 Å². The average Bonchev–Trinajstić information content (AvgIpc) is 2.79. The number of hydrogen-bond donors (Lipinski definition) is 2. The summed E-state index contributed by atoms with van der Waals surface area (Å²) in [6.45, 7) is 4.53. The molecule has 33 heavy (non-hydrogen) atoms. The van der Waals surface area contributed by atoms with Gasteiger partial charge in [0.05, 0.1) is 10.6 Å². The highest BCUT2D eigenvalue weighted by Gasteiger charge is 2.37. The summed E-state index contributed by atoms with van der Waals surface area (Å²) in [7, 11) is 0. The predicted molar refractivity (Wildman–Crippen MR) is 123 cm³/mol. The van der Waals surface area contributed by atoms with Crippen molar-refractivity contribution in [2.75, 3.05) is 36.0 Å². The molecule has 0 aromatic heterocycles. The number of piperazine rings is 1. The summed E-state index contributed by atoms with van der Waals surface area (Å²) in [5.74, 6) is -1.72. The molecular weight excluding hydrogens is 450 g/mol. The molecular formula is C22H20ClN5O5.